The fraction of sp³-hybridized carbons (Fsp3) is 0.500. The van der Waals surface area contributed by atoms with Crippen molar-refractivity contribution >= 4 is 16.6 Å². The van der Waals surface area contributed by atoms with Crippen molar-refractivity contribution in [3.63, 3.8) is 0 Å². The van der Waals surface area contributed by atoms with Crippen LogP contribution in [0, 0.1) is 6.92 Å². The van der Waals surface area contributed by atoms with E-state index >= 15 is 0 Å². The Bertz CT molecular complexity index is 1010. The van der Waals surface area contributed by atoms with E-state index in [9.17, 15) is 0 Å². The molecule has 2 aromatic carbocycles. The van der Waals surface area contributed by atoms with Gasteiger partial charge in [-0.1, -0.05) is 18.2 Å². The number of hydrogen-bond acceptors (Lipinski definition) is 4. The first-order valence-electron chi connectivity index (χ1n) is 11.7. The number of rotatable bonds is 5. The summed E-state index contributed by atoms with van der Waals surface area (Å²) in [6.45, 7) is 2.98. The lowest BCUT2D eigenvalue weighted by molar-refractivity contribution is -0.0366. The Labute approximate surface area is 184 Å². The fourth-order valence-electron chi connectivity index (χ4n) is 5.15. The molecule has 2 heterocycles. The second-order valence-electron chi connectivity index (χ2n) is 9.04. The third-order valence-corrected chi connectivity index (χ3v) is 7.03. The van der Waals surface area contributed by atoms with Gasteiger partial charge in [0.1, 0.15) is 11.9 Å². The van der Waals surface area contributed by atoms with Crippen LogP contribution in [0.4, 0.5) is 5.69 Å². The van der Waals surface area contributed by atoms with E-state index in [-0.39, 0.29) is 12.3 Å². The van der Waals surface area contributed by atoms with Gasteiger partial charge < -0.3 is 14.4 Å². The first-order valence-corrected chi connectivity index (χ1v) is 11.7. The van der Waals surface area contributed by atoms with Crippen LogP contribution in [0.5, 0.6) is 5.75 Å². The lowest BCUT2D eigenvalue weighted by Gasteiger charge is -2.37. The first-order chi connectivity index (χ1) is 15.2. The van der Waals surface area contributed by atoms with Crippen LogP contribution in [-0.4, -0.2) is 35.6 Å². The Kier molecular flexibility index (Phi) is 5.86. The average molecular weight is 420 g/mol. The number of anilines is 1. The third kappa shape index (κ3) is 4.16. The summed E-state index contributed by atoms with van der Waals surface area (Å²) < 4.78 is 14.6. The molecule has 2 aliphatic rings. The molecule has 3 aromatic rings. The molecule has 1 saturated carbocycles. The maximum absolute atomic E-state index is 6.57. The highest BCUT2D eigenvalue weighted by atomic mass is 16.5. The lowest BCUT2D eigenvalue weighted by Crippen LogP contribution is -2.39. The maximum atomic E-state index is 6.57. The van der Waals surface area contributed by atoms with Gasteiger partial charge in [-0.25, -0.2) is 4.68 Å². The minimum absolute atomic E-state index is 0.0602. The van der Waals surface area contributed by atoms with Crippen LogP contribution in [0.1, 0.15) is 56.7 Å². The van der Waals surface area contributed by atoms with Gasteiger partial charge >= 0.3 is 0 Å². The van der Waals surface area contributed by atoms with Crippen LogP contribution in [0.2, 0.25) is 0 Å². The average Bonchev–Trinajstić information content (AvgIpc) is 3.27. The van der Waals surface area contributed by atoms with Crippen LogP contribution >= 0.6 is 0 Å². The van der Waals surface area contributed by atoms with E-state index in [4.69, 9.17) is 9.47 Å². The zero-order valence-corrected chi connectivity index (χ0v) is 18.7. The normalized spacial score (nSPS) is 24.3. The summed E-state index contributed by atoms with van der Waals surface area (Å²) in [6.07, 6.45) is 10.3. The summed E-state index contributed by atoms with van der Waals surface area (Å²) in [5, 5.41) is 5.83. The number of hydrogen-bond donors (Lipinski definition) is 0. The maximum Gasteiger partial charge on any atom is 0.150 e. The zero-order valence-electron chi connectivity index (χ0n) is 18.7. The number of fused-ring (bicyclic) bond motifs is 1. The number of nitrogens with zero attached hydrogens (tertiary/aromatic N) is 3. The van der Waals surface area contributed by atoms with Crippen molar-refractivity contribution in [2.24, 2.45) is 0 Å². The van der Waals surface area contributed by atoms with Crippen molar-refractivity contribution in [2.45, 2.75) is 70.2 Å². The highest BCUT2D eigenvalue weighted by Gasteiger charge is 2.27. The monoisotopic (exact) mass is 419 g/mol. The molecule has 5 rings (SSSR count). The summed E-state index contributed by atoms with van der Waals surface area (Å²) in [5.74, 6) is 0.990. The van der Waals surface area contributed by atoms with Gasteiger partial charge in [0, 0.05) is 42.8 Å². The molecular formula is C26H33N3O2. The van der Waals surface area contributed by atoms with Gasteiger partial charge in [-0.15, -0.1) is 0 Å². The number of para-hydroxylation sites is 1. The van der Waals surface area contributed by atoms with E-state index in [0.29, 0.717) is 6.04 Å². The summed E-state index contributed by atoms with van der Waals surface area (Å²) in [5.41, 5.74) is 3.60. The number of ether oxygens (including phenoxy) is 2. The van der Waals surface area contributed by atoms with E-state index < -0.39 is 0 Å². The van der Waals surface area contributed by atoms with Crippen LogP contribution < -0.4 is 9.64 Å². The van der Waals surface area contributed by atoms with Crippen LogP contribution in [-0.2, 0) is 4.74 Å². The van der Waals surface area contributed by atoms with Crippen molar-refractivity contribution in [3.8, 4) is 5.75 Å². The topological polar surface area (TPSA) is 39.5 Å². The van der Waals surface area contributed by atoms with Crippen molar-refractivity contribution in [1.29, 1.82) is 0 Å². The molecule has 31 heavy (non-hydrogen) atoms. The number of benzene rings is 2. The predicted molar refractivity (Wildman–Crippen MR) is 125 cm³/mol. The molecule has 0 bridgehead atoms. The van der Waals surface area contributed by atoms with Gasteiger partial charge in [0.05, 0.1) is 11.7 Å². The summed E-state index contributed by atoms with van der Waals surface area (Å²) >= 11 is 0. The molecule has 3 unspecified atom stereocenters. The highest BCUT2D eigenvalue weighted by molar-refractivity contribution is 5.84. The summed E-state index contributed by atoms with van der Waals surface area (Å²) in [6, 6.07) is 15.5. The van der Waals surface area contributed by atoms with Crippen LogP contribution in [0.15, 0.2) is 48.7 Å². The Balaban J connectivity index is 1.31. The van der Waals surface area contributed by atoms with Gasteiger partial charge in [0.15, 0.2) is 6.23 Å². The van der Waals surface area contributed by atoms with Crippen LogP contribution in [0.25, 0.3) is 10.9 Å². The Morgan fingerprint density at radius 1 is 1.03 bits per heavy atom. The molecule has 0 spiro atoms. The molecule has 1 saturated heterocycles. The van der Waals surface area contributed by atoms with Gasteiger partial charge in [-0.05, 0) is 69.7 Å². The minimum Gasteiger partial charge on any atom is -0.490 e. The smallest absolute Gasteiger partial charge is 0.150 e. The molecule has 164 valence electrons. The number of aryl methyl sites for hydroxylation is 1. The van der Waals surface area contributed by atoms with Crippen molar-refractivity contribution in [1.82, 2.24) is 9.78 Å². The van der Waals surface area contributed by atoms with Crippen molar-refractivity contribution < 1.29 is 9.47 Å². The van der Waals surface area contributed by atoms with E-state index in [1.165, 1.54) is 35.9 Å². The Hall–Kier alpha value is -2.53. The highest BCUT2D eigenvalue weighted by Crippen LogP contribution is 2.34. The third-order valence-electron chi connectivity index (χ3n) is 7.03. The minimum atomic E-state index is 0.0602. The van der Waals surface area contributed by atoms with Gasteiger partial charge in [0.2, 0.25) is 0 Å². The number of aromatic nitrogens is 2. The first kappa shape index (κ1) is 20.4. The second kappa shape index (κ2) is 8.91. The molecule has 1 aliphatic heterocycles. The molecule has 2 fully saturated rings. The second-order valence-corrected chi connectivity index (χ2v) is 9.04. The van der Waals surface area contributed by atoms with E-state index in [0.717, 1.165) is 43.6 Å². The van der Waals surface area contributed by atoms with Gasteiger partial charge in [-0.2, -0.15) is 5.10 Å². The molecule has 0 radical (unpaired) electrons. The Morgan fingerprint density at radius 3 is 2.71 bits per heavy atom. The SMILES string of the molecule is Cc1c(OC2CCCC(N(C)c3ccccc3)C2)ccc2c1cnn2C1CCCCO1. The van der Waals surface area contributed by atoms with E-state index in [1.54, 1.807) is 0 Å². The Morgan fingerprint density at radius 2 is 1.90 bits per heavy atom. The van der Waals surface area contributed by atoms with Gasteiger partial charge in [-0.3, -0.25) is 0 Å². The van der Waals surface area contributed by atoms with E-state index in [1.807, 2.05) is 6.20 Å². The molecule has 0 N–H and O–H groups in total. The molecule has 5 heteroatoms. The van der Waals surface area contributed by atoms with E-state index in [2.05, 4.69) is 71.1 Å². The zero-order chi connectivity index (χ0) is 21.2. The molecule has 5 nitrogen and oxygen atoms in total. The molecule has 3 atom stereocenters. The largest absolute Gasteiger partial charge is 0.490 e. The van der Waals surface area contributed by atoms with Crippen LogP contribution in [0.3, 0.4) is 0 Å². The van der Waals surface area contributed by atoms with Crippen molar-refractivity contribution in [3.05, 3.63) is 54.2 Å². The molecular weight excluding hydrogens is 386 g/mol. The fourth-order valence-corrected chi connectivity index (χ4v) is 5.15. The summed E-state index contributed by atoms with van der Waals surface area (Å²) in [4.78, 5) is 2.42. The molecule has 0 amide bonds. The quantitative estimate of drug-likeness (QED) is 0.518. The van der Waals surface area contributed by atoms with Gasteiger partial charge in [0.25, 0.3) is 0 Å². The lowest BCUT2D eigenvalue weighted by atomic mass is 9.91. The molecule has 1 aromatic heterocycles. The summed E-state index contributed by atoms with van der Waals surface area (Å²) in [7, 11) is 2.21. The van der Waals surface area contributed by atoms with Crippen molar-refractivity contribution in [2.75, 3.05) is 18.6 Å². The molecule has 1 aliphatic carbocycles. The standard InChI is InChI=1S/C26H33N3O2/c1-19-23-18-27-29(26-13-6-7-16-30-26)24(23)14-15-25(19)31-22-12-8-11-21(17-22)28(2)20-9-4-3-5-10-20/h3-5,9-10,14-15,18,21-22,26H,6-8,11-13,16-17H2,1-2H3. The predicted octanol–water partition coefficient (Wildman–Crippen LogP) is 5.87.